The van der Waals surface area contributed by atoms with Gasteiger partial charge in [0.05, 0.1) is 6.20 Å². The highest BCUT2D eigenvalue weighted by Gasteiger charge is 2.11. The Labute approximate surface area is 108 Å². The maximum atomic E-state index is 4.52. The molecule has 0 saturated carbocycles. The van der Waals surface area contributed by atoms with Crippen LogP contribution >= 0.6 is 11.8 Å². The van der Waals surface area contributed by atoms with Gasteiger partial charge in [0.2, 0.25) is 0 Å². The van der Waals surface area contributed by atoms with Gasteiger partial charge in [-0.25, -0.2) is 15.0 Å². The molecule has 0 aromatic carbocycles. The first-order chi connectivity index (χ1) is 8.78. The number of imidazole rings is 2. The quantitative estimate of drug-likeness (QED) is 0.776. The van der Waals surface area contributed by atoms with E-state index < -0.39 is 0 Å². The summed E-state index contributed by atoms with van der Waals surface area (Å²) in [6, 6.07) is 0. The molecule has 0 aliphatic heterocycles. The molecule has 0 radical (unpaired) electrons. The van der Waals surface area contributed by atoms with Gasteiger partial charge in [0.25, 0.3) is 0 Å². The Kier molecular flexibility index (Phi) is 2.67. The Morgan fingerprint density at radius 3 is 2.78 bits per heavy atom. The second-order valence-electron chi connectivity index (χ2n) is 3.76. The summed E-state index contributed by atoms with van der Waals surface area (Å²) < 4.78 is 3.90. The molecular weight excluding hydrogens is 248 g/mol. The molecule has 1 N–H and O–H groups in total. The van der Waals surface area contributed by atoms with Crippen molar-refractivity contribution in [2.75, 3.05) is 12.4 Å². The highest BCUT2D eigenvalue weighted by Crippen LogP contribution is 2.28. The fraction of sp³-hybridized carbons (Fsp3) is 0.182. The molecule has 0 unspecified atom stereocenters. The molecule has 0 aliphatic carbocycles. The summed E-state index contributed by atoms with van der Waals surface area (Å²) in [5, 5.41) is 4.77. The average Bonchev–Trinajstić information content (AvgIpc) is 2.98. The van der Waals surface area contributed by atoms with E-state index in [2.05, 4.69) is 20.3 Å². The van der Waals surface area contributed by atoms with E-state index in [1.165, 1.54) is 11.8 Å². The van der Waals surface area contributed by atoms with Crippen molar-refractivity contribution in [3.8, 4) is 0 Å². The van der Waals surface area contributed by atoms with Crippen molar-refractivity contribution in [1.82, 2.24) is 23.9 Å². The highest BCUT2D eigenvalue weighted by atomic mass is 32.2. The van der Waals surface area contributed by atoms with Crippen LogP contribution < -0.4 is 5.32 Å². The maximum absolute atomic E-state index is 4.52. The highest BCUT2D eigenvalue weighted by molar-refractivity contribution is 7.99. The molecule has 18 heavy (non-hydrogen) atoms. The topological polar surface area (TPSA) is 60.0 Å². The van der Waals surface area contributed by atoms with Gasteiger partial charge in [-0.2, -0.15) is 0 Å². The molecular formula is C11H12N6S. The van der Waals surface area contributed by atoms with Gasteiger partial charge in [-0.05, 0) is 11.8 Å². The second-order valence-corrected chi connectivity index (χ2v) is 4.72. The lowest BCUT2D eigenvalue weighted by molar-refractivity contribution is 0.788. The Bertz CT molecular complexity index is 686. The lowest BCUT2D eigenvalue weighted by atomic mass is 10.6. The van der Waals surface area contributed by atoms with Crippen LogP contribution in [-0.2, 0) is 7.05 Å². The standard InChI is InChI=1S/C11H12N6S/c1-12-8-7-17-6-4-13-9(17)10(15-8)18-11-14-3-5-16(11)2/h3-7,12H,1-2H3. The van der Waals surface area contributed by atoms with E-state index in [9.17, 15) is 0 Å². The molecule has 7 heteroatoms. The first-order valence-electron chi connectivity index (χ1n) is 5.44. The minimum atomic E-state index is 0.803. The third-order valence-electron chi connectivity index (χ3n) is 2.56. The molecule has 3 heterocycles. The number of hydrogen-bond acceptors (Lipinski definition) is 5. The molecule has 6 nitrogen and oxygen atoms in total. The number of nitrogens with one attached hydrogen (secondary N) is 1. The molecule has 0 bridgehead atoms. The van der Waals surface area contributed by atoms with Crippen LogP contribution in [0, 0.1) is 0 Å². The Morgan fingerprint density at radius 2 is 2.06 bits per heavy atom. The summed E-state index contributed by atoms with van der Waals surface area (Å²) >= 11 is 1.50. The minimum absolute atomic E-state index is 0.803. The lowest BCUT2D eigenvalue weighted by Crippen LogP contribution is -1.99. The maximum Gasteiger partial charge on any atom is 0.174 e. The van der Waals surface area contributed by atoms with Gasteiger partial charge < -0.3 is 14.3 Å². The number of hydrogen-bond donors (Lipinski definition) is 1. The van der Waals surface area contributed by atoms with Gasteiger partial charge in [0.15, 0.2) is 10.8 Å². The molecule has 3 aromatic heterocycles. The van der Waals surface area contributed by atoms with Crippen LogP contribution in [0.4, 0.5) is 5.82 Å². The van der Waals surface area contributed by atoms with Gasteiger partial charge in [0.1, 0.15) is 10.8 Å². The van der Waals surface area contributed by atoms with E-state index >= 15 is 0 Å². The Hall–Kier alpha value is -2.02. The van der Waals surface area contributed by atoms with Gasteiger partial charge >= 0.3 is 0 Å². The number of anilines is 1. The summed E-state index contributed by atoms with van der Waals surface area (Å²) in [6.07, 6.45) is 9.25. The van der Waals surface area contributed by atoms with Crippen LogP contribution in [0.15, 0.2) is 41.2 Å². The average molecular weight is 260 g/mol. The summed E-state index contributed by atoms with van der Waals surface area (Å²) in [5.41, 5.74) is 0.835. The van der Waals surface area contributed by atoms with E-state index in [1.54, 1.807) is 12.4 Å². The van der Waals surface area contributed by atoms with E-state index in [0.717, 1.165) is 21.6 Å². The molecule has 0 fully saturated rings. The van der Waals surface area contributed by atoms with Crippen molar-refractivity contribution in [1.29, 1.82) is 0 Å². The van der Waals surface area contributed by atoms with Crippen LogP contribution in [0.2, 0.25) is 0 Å². The fourth-order valence-corrected chi connectivity index (χ4v) is 2.51. The number of aromatic nitrogens is 5. The monoisotopic (exact) mass is 260 g/mol. The SMILES string of the molecule is CNc1cn2ccnc2c(Sc2nccn2C)n1. The number of rotatable bonds is 3. The zero-order valence-corrected chi connectivity index (χ0v) is 10.8. The number of aryl methyl sites for hydroxylation is 1. The minimum Gasteiger partial charge on any atom is -0.372 e. The smallest absolute Gasteiger partial charge is 0.174 e. The van der Waals surface area contributed by atoms with E-state index in [4.69, 9.17) is 0 Å². The van der Waals surface area contributed by atoms with Crippen molar-refractivity contribution in [3.05, 3.63) is 31.0 Å². The third kappa shape index (κ3) is 1.82. The first-order valence-corrected chi connectivity index (χ1v) is 6.26. The molecule has 0 saturated heterocycles. The number of nitrogens with zero attached hydrogens (tertiary/aromatic N) is 5. The molecule has 0 aliphatic rings. The molecule has 3 aromatic rings. The lowest BCUT2D eigenvalue weighted by Gasteiger charge is -2.06. The molecule has 0 spiro atoms. The Morgan fingerprint density at radius 1 is 1.22 bits per heavy atom. The van der Waals surface area contributed by atoms with E-state index in [0.29, 0.717) is 0 Å². The molecule has 92 valence electrons. The van der Waals surface area contributed by atoms with Crippen molar-refractivity contribution in [2.24, 2.45) is 7.05 Å². The van der Waals surface area contributed by atoms with Crippen molar-refractivity contribution >= 4 is 23.2 Å². The van der Waals surface area contributed by atoms with Gasteiger partial charge in [-0.3, -0.25) is 0 Å². The summed E-state index contributed by atoms with van der Waals surface area (Å²) in [4.78, 5) is 13.1. The third-order valence-corrected chi connectivity index (χ3v) is 3.61. The number of fused-ring (bicyclic) bond motifs is 1. The van der Waals surface area contributed by atoms with E-state index in [-0.39, 0.29) is 0 Å². The largest absolute Gasteiger partial charge is 0.372 e. The van der Waals surface area contributed by atoms with Crippen LogP contribution in [0.1, 0.15) is 0 Å². The van der Waals surface area contributed by atoms with Crippen LogP contribution in [0.3, 0.4) is 0 Å². The zero-order valence-electron chi connectivity index (χ0n) is 10.0. The van der Waals surface area contributed by atoms with Crippen LogP contribution in [0.25, 0.3) is 5.65 Å². The molecule has 3 rings (SSSR count). The Balaban J connectivity index is 2.10. The fourth-order valence-electron chi connectivity index (χ4n) is 1.63. The summed E-state index contributed by atoms with van der Waals surface area (Å²) in [5.74, 6) is 0.803. The predicted octanol–water partition coefficient (Wildman–Crippen LogP) is 1.66. The molecule has 0 amide bonds. The normalized spacial score (nSPS) is 11.0. The summed E-state index contributed by atoms with van der Waals surface area (Å²) in [7, 11) is 3.81. The van der Waals surface area contributed by atoms with Gasteiger partial charge in [-0.1, -0.05) is 0 Å². The second kappa shape index (κ2) is 4.34. The first kappa shape index (κ1) is 11.1. The van der Waals surface area contributed by atoms with Crippen LogP contribution in [0.5, 0.6) is 0 Å². The van der Waals surface area contributed by atoms with Crippen molar-refractivity contribution in [3.63, 3.8) is 0 Å². The van der Waals surface area contributed by atoms with Gasteiger partial charge in [-0.15, -0.1) is 0 Å². The van der Waals surface area contributed by atoms with Crippen molar-refractivity contribution in [2.45, 2.75) is 10.2 Å². The summed E-state index contributed by atoms with van der Waals surface area (Å²) in [6.45, 7) is 0. The molecule has 0 atom stereocenters. The van der Waals surface area contributed by atoms with Crippen LogP contribution in [-0.4, -0.2) is 31.0 Å². The van der Waals surface area contributed by atoms with Crippen molar-refractivity contribution < 1.29 is 0 Å². The zero-order chi connectivity index (χ0) is 12.5. The van der Waals surface area contributed by atoms with Gasteiger partial charge in [0, 0.05) is 38.9 Å². The predicted molar refractivity (Wildman–Crippen MR) is 69.9 cm³/mol. The van der Waals surface area contributed by atoms with E-state index in [1.807, 2.05) is 41.7 Å².